The molecular formula is C9H12FNO5S. The van der Waals surface area contributed by atoms with Gasteiger partial charge in [-0.15, -0.1) is 3.89 Å². The Kier molecular flexibility index (Phi) is 2.64. The zero-order valence-corrected chi connectivity index (χ0v) is 9.74. The van der Waals surface area contributed by atoms with Gasteiger partial charge in [0.2, 0.25) is 5.91 Å². The Balaban J connectivity index is 2.09. The number of carbonyl (C=O) groups is 2. The summed E-state index contributed by atoms with van der Waals surface area (Å²) >= 11 is 0. The molecule has 0 radical (unpaired) electrons. The minimum atomic E-state index is -4.63. The van der Waals surface area contributed by atoms with Crippen LogP contribution < -0.4 is 0 Å². The van der Waals surface area contributed by atoms with Crippen LogP contribution in [-0.4, -0.2) is 48.1 Å². The van der Waals surface area contributed by atoms with Crippen molar-refractivity contribution >= 4 is 22.1 Å². The maximum absolute atomic E-state index is 12.5. The predicted molar refractivity (Wildman–Crippen MR) is 54.3 cm³/mol. The fourth-order valence-corrected chi connectivity index (χ4v) is 3.09. The molecular weight excluding hydrogens is 253 g/mol. The minimum absolute atomic E-state index is 0.00822. The van der Waals surface area contributed by atoms with Crippen molar-refractivity contribution in [3.63, 3.8) is 0 Å². The van der Waals surface area contributed by atoms with Crippen molar-refractivity contribution in [2.45, 2.75) is 24.8 Å². The molecule has 0 aromatic carbocycles. The first-order chi connectivity index (χ1) is 7.74. The van der Waals surface area contributed by atoms with Gasteiger partial charge in [-0.3, -0.25) is 4.79 Å². The van der Waals surface area contributed by atoms with Gasteiger partial charge in [-0.25, -0.2) is 4.79 Å². The van der Waals surface area contributed by atoms with Crippen molar-refractivity contribution in [1.82, 2.24) is 4.90 Å². The summed E-state index contributed by atoms with van der Waals surface area (Å²) in [5.74, 6) is -2.84. The fourth-order valence-electron chi connectivity index (χ4n) is 2.31. The minimum Gasteiger partial charge on any atom is -0.479 e. The van der Waals surface area contributed by atoms with Gasteiger partial charge in [0.1, 0.15) is 5.54 Å². The molecule has 1 aliphatic heterocycles. The van der Waals surface area contributed by atoms with Crippen LogP contribution in [0, 0.1) is 5.92 Å². The third-order valence-corrected chi connectivity index (χ3v) is 4.15. The topological polar surface area (TPSA) is 91.8 Å². The normalized spacial score (nSPS) is 27.2. The van der Waals surface area contributed by atoms with Crippen LogP contribution in [0.1, 0.15) is 19.3 Å². The van der Waals surface area contributed by atoms with Gasteiger partial charge in [0.15, 0.2) is 0 Å². The van der Waals surface area contributed by atoms with Gasteiger partial charge < -0.3 is 10.0 Å². The molecule has 2 fully saturated rings. The van der Waals surface area contributed by atoms with E-state index in [-0.39, 0.29) is 13.0 Å². The molecule has 0 bridgehead atoms. The molecule has 6 nitrogen and oxygen atoms in total. The van der Waals surface area contributed by atoms with Crippen molar-refractivity contribution in [2.24, 2.45) is 5.92 Å². The standard InChI is InChI=1S/C9H12FNO5S/c10-17(15,16)5-6-3-7(12)11(4-6)9(1-2-9)8(13)14/h6H,1-5H2,(H,13,14). The lowest BCUT2D eigenvalue weighted by Crippen LogP contribution is -2.44. The fraction of sp³-hybridized carbons (Fsp3) is 0.778. The van der Waals surface area contributed by atoms with Crippen LogP contribution in [-0.2, 0) is 19.8 Å². The first kappa shape index (κ1) is 12.3. The summed E-state index contributed by atoms with van der Waals surface area (Å²) in [6.45, 7) is 0.00822. The van der Waals surface area contributed by atoms with Crippen LogP contribution in [0.25, 0.3) is 0 Å². The quantitative estimate of drug-likeness (QED) is 0.708. The molecule has 1 amide bonds. The summed E-state index contributed by atoms with van der Waals surface area (Å²) in [6.07, 6.45) is 0.657. The average molecular weight is 265 g/mol. The maximum atomic E-state index is 12.5. The lowest BCUT2D eigenvalue weighted by molar-refractivity contribution is -0.150. The molecule has 17 heavy (non-hydrogen) atoms. The second kappa shape index (κ2) is 3.66. The highest BCUT2D eigenvalue weighted by Gasteiger charge is 2.59. The SMILES string of the molecule is O=C1CC(CS(=O)(=O)F)CN1C1(C(=O)O)CC1. The smallest absolute Gasteiger partial charge is 0.329 e. The van der Waals surface area contributed by atoms with Crippen LogP contribution in [0.4, 0.5) is 3.89 Å². The van der Waals surface area contributed by atoms with E-state index in [0.717, 1.165) is 0 Å². The first-order valence-corrected chi connectivity index (χ1v) is 6.76. The van der Waals surface area contributed by atoms with Crippen molar-refractivity contribution < 1.29 is 27.0 Å². The molecule has 0 aromatic rings. The molecule has 1 saturated heterocycles. The Morgan fingerprint density at radius 1 is 1.53 bits per heavy atom. The van der Waals surface area contributed by atoms with Gasteiger partial charge in [0.05, 0.1) is 5.75 Å². The van der Waals surface area contributed by atoms with E-state index in [9.17, 15) is 21.9 Å². The van der Waals surface area contributed by atoms with E-state index in [1.165, 1.54) is 4.90 Å². The first-order valence-electron chi connectivity index (χ1n) is 5.21. The number of hydrogen-bond donors (Lipinski definition) is 1. The zero-order valence-electron chi connectivity index (χ0n) is 8.93. The number of carboxylic acid groups (broad SMARTS) is 1. The van der Waals surface area contributed by atoms with Gasteiger partial charge in [-0.05, 0) is 12.8 Å². The van der Waals surface area contributed by atoms with Crippen LogP contribution in [0.3, 0.4) is 0 Å². The monoisotopic (exact) mass is 265 g/mol. The number of nitrogens with zero attached hydrogens (tertiary/aromatic N) is 1. The van der Waals surface area contributed by atoms with E-state index in [4.69, 9.17) is 5.11 Å². The number of aliphatic carboxylic acids is 1. The number of hydrogen-bond acceptors (Lipinski definition) is 4. The zero-order chi connectivity index (χ0) is 12.8. The number of halogens is 1. The molecule has 1 N–H and O–H groups in total. The average Bonchev–Trinajstić information content (AvgIpc) is 2.85. The molecule has 2 aliphatic rings. The molecule has 1 saturated carbocycles. The second-order valence-corrected chi connectivity index (χ2v) is 6.03. The van der Waals surface area contributed by atoms with Crippen molar-refractivity contribution in [3.8, 4) is 0 Å². The molecule has 1 unspecified atom stereocenters. The summed E-state index contributed by atoms with van der Waals surface area (Å²) < 4.78 is 33.5. The number of carbonyl (C=O) groups excluding carboxylic acids is 1. The van der Waals surface area contributed by atoms with E-state index in [0.29, 0.717) is 12.8 Å². The Morgan fingerprint density at radius 2 is 2.12 bits per heavy atom. The number of likely N-dealkylation sites (tertiary alicyclic amines) is 1. The highest BCUT2D eigenvalue weighted by atomic mass is 32.3. The lowest BCUT2D eigenvalue weighted by Gasteiger charge is -2.24. The van der Waals surface area contributed by atoms with Crippen molar-refractivity contribution in [1.29, 1.82) is 0 Å². The van der Waals surface area contributed by atoms with Crippen LogP contribution in [0.2, 0.25) is 0 Å². The third kappa shape index (κ3) is 2.26. The van der Waals surface area contributed by atoms with E-state index in [2.05, 4.69) is 0 Å². The molecule has 2 rings (SSSR count). The van der Waals surface area contributed by atoms with E-state index < -0.39 is 39.3 Å². The van der Waals surface area contributed by atoms with Gasteiger partial charge in [0.25, 0.3) is 0 Å². The Morgan fingerprint density at radius 3 is 2.53 bits per heavy atom. The summed E-state index contributed by atoms with van der Waals surface area (Å²) in [6, 6.07) is 0. The lowest BCUT2D eigenvalue weighted by atomic mass is 10.1. The Hall–Kier alpha value is -1.18. The molecule has 1 aliphatic carbocycles. The van der Waals surface area contributed by atoms with Crippen LogP contribution in [0.15, 0.2) is 0 Å². The number of amides is 1. The van der Waals surface area contributed by atoms with Gasteiger partial charge in [-0.2, -0.15) is 8.42 Å². The Labute approximate surface area is 97.6 Å². The van der Waals surface area contributed by atoms with Crippen molar-refractivity contribution in [2.75, 3.05) is 12.3 Å². The van der Waals surface area contributed by atoms with E-state index in [1.54, 1.807) is 0 Å². The van der Waals surface area contributed by atoms with Gasteiger partial charge >= 0.3 is 16.2 Å². The summed E-state index contributed by atoms with van der Waals surface area (Å²) in [5.41, 5.74) is -1.16. The molecule has 96 valence electrons. The highest BCUT2D eigenvalue weighted by molar-refractivity contribution is 7.86. The maximum Gasteiger partial charge on any atom is 0.329 e. The molecule has 0 aromatic heterocycles. The van der Waals surface area contributed by atoms with Crippen molar-refractivity contribution in [3.05, 3.63) is 0 Å². The summed E-state index contributed by atoms with van der Waals surface area (Å²) in [4.78, 5) is 23.8. The molecule has 0 spiro atoms. The number of rotatable bonds is 4. The molecule has 1 atom stereocenters. The second-order valence-electron chi connectivity index (χ2n) is 4.62. The molecule has 1 heterocycles. The Bertz CT molecular complexity index is 470. The number of carboxylic acids is 1. The summed E-state index contributed by atoms with van der Waals surface area (Å²) in [7, 11) is -4.63. The third-order valence-electron chi connectivity index (χ3n) is 3.28. The van der Waals surface area contributed by atoms with Crippen LogP contribution in [0.5, 0.6) is 0 Å². The van der Waals surface area contributed by atoms with Gasteiger partial charge in [-0.1, -0.05) is 0 Å². The summed E-state index contributed by atoms with van der Waals surface area (Å²) in [5, 5.41) is 9.01. The van der Waals surface area contributed by atoms with E-state index in [1.807, 2.05) is 0 Å². The predicted octanol–water partition coefficient (Wildman–Crippen LogP) is -0.249. The largest absolute Gasteiger partial charge is 0.479 e. The van der Waals surface area contributed by atoms with Crippen LogP contribution >= 0.6 is 0 Å². The highest BCUT2D eigenvalue weighted by Crippen LogP contribution is 2.45. The molecule has 8 heteroatoms. The van der Waals surface area contributed by atoms with E-state index >= 15 is 0 Å². The van der Waals surface area contributed by atoms with Gasteiger partial charge in [0, 0.05) is 18.9 Å².